The van der Waals surface area contributed by atoms with Gasteiger partial charge in [0.15, 0.2) is 0 Å². The van der Waals surface area contributed by atoms with Crippen LogP contribution in [0.3, 0.4) is 0 Å². The van der Waals surface area contributed by atoms with Crippen LogP contribution in [0.2, 0.25) is 0 Å². The number of halogens is 1. The SMILES string of the molecule is Cc1cccc(C(=O)N2CCC(F)(CN3CCC(n4ccc5c(C)c(N(C)CCC(=O)NC=O)ccc54)CC3)CC2)c1. The monoisotopic (exact) mass is 575 g/mol. The number of nitrogens with zero attached hydrogens (tertiary/aromatic N) is 4. The molecular weight excluding hydrogens is 533 g/mol. The smallest absolute Gasteiger partial charge is 0.253 e. The van der Waals surface area contributed by atoms with Gasteiger partial charge in [0.2, 0.25) is 12.3 Å². The zero-order valence-corrected chi connectivity index (χ0v) is 24.9. The number of carbonyl (C=O) groups is 3. The third kappa shape index (κ3) is 6.51. The molecule has 2 saturated heterocycles. The van der Waals surface area contributed by atoms with E-state index >= 15 is 4.39 Å². The van der Waals surface area contributed by atoms with E-state index in [1.54, 1.807) is 4.90 Å². The second-order valence-corrected chi connectivity index (χ2v) is 12.0. The van der Waals surface area contributed by atoms with E-state index in [-0.39, 0.29) is 18.2 Å². The molecule has 0 atom stereocenters. The number of hydrogen-bond acceptors (Lipinski definition) is 5. The Kier molecular flexibility index (Phi) is 8.96. The van der Waals surface area contributed by atoms with E-state index in [1.807, 2.05) is 43.1 Å². The van der Waals surface area contributed by atoms with Gasteiger partial charge in [0, 0.05) is 100.0 Å². The van der Waals surface area contributed by atoms with Crippen LogP contribution in [0.1, 0.15) is 59.6 Å². The third-order valence-corrected chi connectivity index (χ3v) is 9.12. The lowest BCUT2D eigenvalue weighted by atomic mass is 9.91. The second kappa shape index (κ2) is 12.7. The van der Waals surface area contributed by atoms with Gasteiger partial charge < -0.3 is 19.3 Å². The van der Waals surface area contributed by atoms with Crippen molar-refractivity contribution in [3.63, 3.8) is 0 Å². The molecule has 0 radical (unpaired) electrons. The molecule has 0 saturated carbocycles. The molecule has 42 heavy (non-hydrogen) atoms. The molecule has 0 aliphatic carbocycles. The van der Waals surface area contributed by atoms with Crippen molar-refractivity contribution in [1.82, 2.24) is 19.7 Å². The Balaban J connectivity index is 1.14. The Morgan fingerprint density at radius 3 is 2.50 bits per heavy atom. The van der Waals surface area contributed by atoms with Crippen molar-refractivity contribution >= 4 is 34.8 Å². The van der Waals surface area contributed by atoms with Gasteiger partial charge in [-0.3, -0.25) is 19.7 Å². The highest BCUT2D eigenvalue weighted by molar-refractivity contribution is 5.94. The maximum atomic E-state index is 15.9. The van der Waals surface area contributed by atoms with Gasteiger partial charge in [0.1, 0.15) is 5.67 Å². The Morgan fingerprint density at radius 2 is 1.81 bits per heavy atom. The van der Waals surface area contributed by atoms with Crippen molar-refractivity contribution in [2.75, 3.05) is 51.2 Å². The van der Waals surface area contributed by atoms with E-state index < -0.39 is 5.67 Å². The minimum absolute atomic E-state index is 0.00323. The molecule has 2 aromatic carbocycles. The Morgan fingerprint density at radius 1 is 1.07 bits per heavy atom. The Bertz CT molecular complexity index is 1440. The van der Waals surface area contributed by atoms with Gasteiger partial charge in [-0.1, -0.05) is 17.7 Å². The number of anilines is 1. The van der Waals surface area contributed by atoms with Crippen LogP contribution < -0.4 is 10.2 Å². The molecule has 0 spiro atoms. The lowest BCUT2D eigenvalue weighted by Gasteiger charge is -2.41. The van der Waals surface area contributed by atoms with Crippen molar-refractivity contribution in [2.45, 2.75) is 57.7 Å². The lowest BCUT2D eigenvalue weighted by Crippen LogP contribution is -2.51. The first-order valence-electron chi connectivity index (χ1n) is 15.0. The molecule has 224 valence electrons. The number of likely N-dealkylation sites (tertiary alicyclic amines) is 2. The lowest BCUT2D eigenvalue weighted by molar-refractivity contribution is -0.125. The van der Waals surface area contributed by atoms with Gasteiger partial charge in [-0.25, -0.2) is 4.39 Å². The summed E-state index contributed by atoms with van der Waals surface area (Å²) in [6.45, 7) is 7.64. The van der Waals surface area contributed by atoms with Crippen molar-refractivity contribution in [3.05, 3.63) is 65.4 Å². The van der Waals surface area contributed by atoms with Crippen LogP contribution in [-0.2, 0) is 9.59 Å². The number of amides is 3. The molecule has 3 heterocycles. The summed E-state index contributed by atoms with van der Waals surface area (Å²) in [4.78, 5) is 41.2. The fourth-order valence-corrected chi connectivity index (χ4v) is 6.62. The van der Waals surface area contributed by atoms with E-state index in [2.05, 4.69) is 46.1 Å². The van der Waals surface area contributed by atoms with Gasteiger partial charge in [0.25, 0.3) is 5.91 Å². The van der Waals surface area contributed by atoms with Gasteiger partial charge in [-0.2, -0.15) is 0 Å². The molecule has 9 heteroatoms. The predicted molar refractivity (Wildman–Crippen MR) is 164 cm³/mol. The number of fused-ring (bicyclic) bond motifs is 1. The summed E-state index contributed by atoms with van der Waals surface area (Å²) < 4.78 is 18.3. The van der Waals surface area contributed by atoms with E-state index in [4.69, 9.17) is 0 Å². The molecular formula is C33H42FN5O3. The fraction of sp³-hybridized carbons (Fsp3) is 0.485. The summed E-state index contributed by atoms with van der Waals surface area (Å²) in [5, 5.41) is 3.38. The van der Waals surface area contributed by atoms with Crippen LogP contribution in [-0.4, -0.2) is 84.6 Å². The minimum atomic E-state index is -1.26. The minimum Gasteiger partial charge on any atom is -0.374 e. The van der Waals surface area contributed by atoms with Crippen molar-refractivity contribution in [2.24, 2.45) is 0 Å². The van der Waals surface area contributed by atoms with E-state index in [9.17, 15) is 14.4 Å². The molecule has 0 bridgehead atoms. The first kappa shape index (κ1) is 29.8. The average molecular weight is 576 g/mol. The zero-order chi connectivity index (χ0) is 29.9. The number of piperidine rings is 2. The maximum absolute atomic E-state index is 15.9. The molecule has 2 aliphatic rings. The molecule has 5 rings (SSSR count). The molecule has 3 amide bonds. The van der Waals surface area contributed by atoms with E-state index in [0.29, 0.717) is 57.0 Å². The average Bonchev–Trinajstić information content (AvgIpc) is 3.42. The van der Waals surface area contributed by atoms with Crippen molar-refractivity contribution < 1.29 is 18.8 Å². The molecule has 8 nitrogen and oxygen atoms in total. The Labute approximate surface area is 247 Å². The van der Waals surface area contributed by atoms with Crippen LogP contribution in [0.25, 0.3) is 10.9 Å². The zero-order valence-electron chi connectivity index (χ0n) is 24.9. The summed E-state index contributed by atoms with van der Waals surface area (Å²) in [6, 6.07) is 14.4. The first-order chi connectivity index (χ1) is 20.2. The van der Waals surface area contributed by atoms with Gasteiger partial charge in [0.05, 0.1) is 0 Å². The summed E-state index contributed by atoms with van der Waals surface area (Å²) >= 11 is 0. The Hall–Kier alpha value is -3.72. The van der Waals surface area contributed by atoms with Crippen LogP contribution in [0, 0.1) is 13.8 Å². The summed E-state index contributed by atoms with van der Waals surface area (Å²) in [5.74, 6) is -0.290. The predicted octanol–water partition coefficient (Wildman–Crippen LogP) is 4.64. The molecule has 2 aliphatic heterocycles. The first-order valence-corrected chi connectivity index (χ1v) is 15.0. The number of carbonyl (C=O) groups excluding carboxylic acids is 3. The van der Waals surface area contributed by atoms with Gasteiger partial charge in [-0.15, -0.1) is 0 Å². The van der Waals surface area contributed by atoms with E-state index in [0.717, 1.165) is 42.7 Å². The highest BCUT2D eigenvalue weighted by atomic mass is 19.1. The number of aromatic nitrogens is 1. The van der Waals surface area contributed by atoms with Crippen LogP contribution in [0.4, 0.5) is 10.1 Å². The third-order valence-electron chi connectivity index (χ3n) is 9.12. The standard InChI is InChI=1S/C33H42FN5O3/c1-24-5-4-6-26(21-24)32(42)38-19-13-33(34,14-20-38)22-37-16-9-27(10-17-37)39-18-11-28-25(2)29(7-8-30(28)39)36(3)15-12-31(41)35-23-40/h4-8,11,18,21,23,27H,9-10,12-17,19-20,22H2,1-3H3,(H,35,40,41). The van der Waals surface area contributed by atoms with E-state index in [1.165, 1.54) is 10.9 Å². The number of hydrogen-bond donors (Lipinski definition) is 1. The highest BCUT2D eigenvalue weighted by Crippen LogP contribution is 2.35. The largest absolute Gasteiger partial charge is 0.374 e. The highest BCUT2D eigenvalue weighted by Gasteiger charge is 2.38. The van der Waals surface area contributed by atoms with Crippen LogP contribution in [0.15, 0.2) is 48.7 Å². The molecule has 3 aromatic rings. The van der Waals surface area contributed by atoms with Gasteiger partial charge >= 0.3 is 0 Å². The normalized spacial score (nSPS) is 17.8. The van der Waals surface area contributed by atoms with Crippen molar-refractivity contribution in [3.8, 4) is 0 Å². The molecule has 0 unspecified atom stereocenters. The summed E-state index contributed by atoms with van der Waals surface area (Å²) in [5.41, 5.74) is 3.89. The summed E-state index contributed by atoms with van der Waals surface area (Å²) in [7, 11) is 1.96. The number of alkyl halides is 1. The topological polar surface area (TPSA) is 77.9 Å². The maximum Gasteiger partial charge on any atom is 0.253 e. The molecule has 2 fully saturated rings. The van der Waals surface area contributed by atoms with Crippen molar-refractivity contribution in [1.29, 1.82) is 0 Å². The van der Waals surface area contributed by atoms with Crippen LogP contribution in [0.5, 0.6) is 0 Å². The quantitative estimate of drug-likeness (QED) is 0.377. The number of nitrogens with one attached hydrogen (secondary N) is 1. The van der Waals surface area contributed by atoms with Gasteiger partial charge in [-0.05, 0) is 62.6 Å². The van der Waals surface area contributed by atoms with Crippen LogP contribution >= 0.6 is 0 Å². The summed E-state index contributed by atoms with van der Waals surface area (Å²) in [6.07, 6.45) is 5.51. The number of rotatable bonds is 9. The number of benzene rings is 2. The fourth-order valence-electron chi connectivity index (χ4n) is 6.62. The second-order valence-electron chi connectivity index (χ2n) is 12.0. The molecule has 1 aromatic heterocycles. The number of aryl methyl sites for hydroxylation is 2. The number of imide groups is 1. The molecule has 1 N–H and O–H groups in total.